The molecule has 1 aromatic carbocycles. The molecule has 1 amide bonds. The molecule has 184 valence electrons. The lowest BCUT2D eigenvalue weighted by atomic mass is 10.1. The summed E-state index contributed by atoms with van der Waals surface area (Å²) in [5.74, 6) is -0.318. The molecule has 4 rings (SSSR count). The van der Waals surface area contributed by atoms with Crippen molar-refractivity contribution < 1.29 is 27.4 Å². The zero-order valence-corrected chi connectivity index (χ0v) is 18.9. The monoisotopic (exact) mass is 489 g/mol. The third kappa shape index (κ3) is 5.57. The fourth-order valence-electron chi connectivity index (χ4n) is 3.33. The van der Waals surface area contributed by atoms with Crippen LogP contribution in [-0.2, 0) is 10.9 Å². The number of amides is 1. The number of ether oxygens (including phenoxy) is 2. The predicted octanol–water partition coefficient (Wildman–Crippen LogP) is 2.87. The Morgan fingerprint density at radius 2 is 1.80 bits per heavy atom. The number of morpholine rings is 1. The highest BCUT2D eigenvalue weighted by Crippen LogP contribution is 2.37. The molecule has 35 heavy (non-hydrogen) atoms. The second-order valence-corrected chi connectivity index (χ2v) is 7.82. The van der Waals surface area contributed by atoms with Crippen molar-refractivity contribution in [3.05, 3.63) is 47.7 Å². The molecule has 0 unspecified atom stereocenters. The zero-order valence-electron chi connectivity index (χ0n) is 18.9. The lowest BCUT2D eigenvalue weighted by molar-refractivity contribution is -0.137. The summed E-state index contributed by atoms with van der Waals surface area (Å²) in [4.78, 5) is 31.8. The van der Waals surface area contributed by atoms with E-state index in [4.69, 9.17) is 15.2 Å². The van der Waals surface area contributed by atoms with E-state index in [0.717, 1.165) is 12.3 Å². The maximum absolute atomic E-state index is 13.7. The Kier molecular flexibility index (Phi) is 6.69. The first-order valence-corrected chi connectivity index (χ1v) is 10.5. The Labute approximate surface area is 198 Å². The molecule has 1 aliphatic heterocycles. The molecule has 2 N–H and O–H groups in total. The van der Waals surface area contributed by atoms with E-state index in [1.807, 2.05) is 0 Å². The van der Waals surface area contributed by atoms with Gasteiger partial charge in [0, 0.05) is 38.9 Å². The van der Waals surface area contributed by atoms with Crippen molar-refractivity contribution in [2.24, 2.45) is 0 Å². The first-order chi connectivity index (χ1) is 16.6. The number of rotatable bonds is 5. The zero-order chi connectivity index (χ0) is 25.2. The summed E-state index contributed by atoms with van der Waals surface area (Å²) in [5, 5.41) is 0. The number of anilines is 2. The molecule has 1 aliphatic rings. The van der Waals surface area contributed by atoms with Crippen molar-refractivity contribution in [3.63, 3.8) is 0 Å². The Bertz CT molecular complexity index is 1210. The second kappa shape index (κ2) is 9.70. The fourth-order valence-corrected chi connectivity index (χ4v) is 3.33. The smallest absolute Gasteiger partial charge is 0.417 e. The Hall–Kier alpha value is -4.00. The summed E-state index contributed by atoms with van der Waals surface area (Å²) in [5.41, 5.74) is 4.55. The van der Waals surface area contributed by atoms with Gasteiger partial charge >= 0.3 is 12.2 Å². The normalized spacial score (nSPS) is 14.0. The Morgan fingerprint density at radius 1 is 1.11 bits per heavy atom. The lowest BCUT2D eigenvalue weighted by Gasteiger charge is -2.27. The molecule has 2 aromatic heterocycles. The molecule has 3 aromatic rings. The van der Waals surface area contributed by atoms with Crippen LogP contribution >= 0.6 is 0 Å². The maximum atomic E-state index is 13.7. The maximum Gasteiger partial charge on any atom is 0.417 e. The molecule has 3 heterocycles. The first-order valence-electron chi connectivity index (χ1n) is 10.5. The van der Waals surface area contributed by atoms with Crippen molar-refractivity contribution >= 4 is 17.7 Å². The summed E-state index contributed by atoms with van der Waals surface area (Å²) in [7, 11) is 3.26. The highest BCUT2D eigenvalue weighted by molar-refractivity contribution is 5.93. The van der Waals surface area contributed by atoms with Crippen LogP contribution in [0.15, 0.2) is 36.5 Å². The molecular formula is C22H22F3N7O3. The Morgan fingerprint density at radius 3 is 2.43 bits per heavy atom. The average Bonchev–Trinajstić information content (AvgIpc) is 2.84. The molecule has 0 radical (unpaired) electrons. The third-order valence-corrected chi connectivity index (χ3v) is 5.09. The summed E-state index contributed by atoms with van der Waals surface area (Å²) >= 11 is 0. The number of aromatic nitrogens is 4. The van der Waals surface area contributed by atoms with E-state index < -0.39 is 11.7 Å². The van der Waals surface area contributed by atoms with Gasteiger partial charge in [-0.1, -0.05) is 0 Å². The highest BCUT2D eigenvalue weighted by atomic mass is 19.4. The molecule has 0 saturated carbocycles. The van der Waals surface area contributed by atoms with Crippen LogP contribution in [0.5, 0.6) is 11.8 Å². The standard InChI is InChI=1S/C22H22F3N7O3/c1-31(2)19(33)13-3-5-14(6-4-13)35-21-29-18(28-20(30-21)32-7-9-34-10-8-32)15-12-27-17(26)11-16(15)22(23,24)25/h3-6,11-12H,7-10H2,1-2H3,(H2,26,27). The van der Waals surface area contributed by atoms with E-state index in [1.165, 1.54) is 4.90 Å². The van der Waals surface area contributed by atoms with Gasteiger partial charge in [-0.05, 0) is 30.3 Å². The topological polar surface area (TPSA) is 120 Å². The van der Waals surface area contributed by atoms with Gasteiger partial charge in [-0.2, -0.15) is 28.1 Å². The minimum Gasteiger partial charge on any atom is -0.424 e. The van der Waals surface area contributed by atoms with E-state index >= 15 is 0 Å². The van der Waals surface area contributed by atoms with Crippen LogP contribution in [0.2, 0.25) is 0 Å². The lowest BCUT2D eigenvalue weighted by Crippen LogP contribution is -2.37. The largest absolute Gasteiger partial charge is 0.424 e. The number of halogens is 3. The number of nitrogen functional groups attached to an aromatic ring is 1. The number of hydrogen-bond donors (Lipinski definition) is 1. The van der Waals surface area contributed by atoms with Crippen LogP contribution in [-0.4, -0.2) is 71.1 Å². The number of hydrogen-bond acceptors (Lipinski definition) is 9. The van der Waals surface area contributed by atoms with E-state index in [1.54, 1.807) is 43.3 Å². The minimum atomic E-state index is -4.71. The number of carbonyl (C=O) groups excluding carboxylic acids is 1. The first kappa shape index (κ1) is 24.1. The van der Waals surface area contributed by atoms with Gasteiger partial charge in [-0.3, -0.25) is 4.79 Å². The number of pyridine rings is 1. The molecular weight excluding hydrogens is 467 g/mol. The average molecular weight is 489 g/mol. The van der Waals surface area contributed by atoms with Gasteiger partial charge in [0.05, 0.1) is 24.3 Å². The van der Waals surface area contributed by atoms with Crippen molar-refractivity contribution in [1.29, 1.82) is 0 Å². The van der Waals surface area contributed by atoms with Gasteiger partial charge < -0.3 is 25.0 Å². The van der Waals surface area contributed by atoms with Crippen LogP contribution < -0.4 is 15.4 Å². The molecule has 0 atom stereocenters. The number of benzene rings is 1. The summed E-state index contributed by atoms with van der Waals surface area (Å²) in [6.07, 6.45) is -3.74. The van der Waals surface area contributed by atoms with Gasteiger partial charge in [0.2, 0.25) is 5.95 Å². The summed E-state index contributed by atoms with van der Waals surface area (Å²) in [6, 6.07) is 6.73. The van der Waals surface area contributed by atoms with Crippen molar-refractivity contribution in [3.8, 4) is 23.1 Å². The van der Waals surface area contributed by atoms with Gasteiger partial charge in [0.15, 0.2) is 5.82 Å². The van der Waals surface area contributed by atoms with Gasteiger partial charge in [-0.25, -0.2) is 4.98 Å². The van der Waals surface area contributed by atoms with Crippen LogP contribution in [0.4, 0.5) is 24.9 Å². The van der Waals surface area contributed by atoms with E-state index in [0.29, 0.717) is 31.9 Å². The SMILES string of the molecule is CN(C)C(=O)c1ccc(Oc2nc(-c3cnc(N)cc3C(F)(F)F)nc(N3CCOCC3)n2)cc1. The van der Waals surface area contributed by atoms with Gasteiger partial charge in [0.1, 0.15) is 11.6 Å². The fraction of sp³-hybridized carbons (Fsp3) is 0.318. The third-order valence-electron chi connectivity index (χ3n) is 5.09. The van der Waals surface area contributed by atoms with Gasteiger partial charge in [0.25, 0.3) is 5.91 Å². The summed E-state index contributed by atoms with van der Waals surface area (Å²) < 4.78 is 52.3. The predicted molar refractivity (Wildman–Crippen MR) is 120 cm³/mol. The quantitative estimate of drug-likeness (QED) is 0.577. The molecule has 1 saturated heterocycles. The minimum absolute atomic E-state index is 0.137. The molecule has 0 spiro atoms. The molecule has 10 nitrogen and oxygen atoms in total. The summed E-state index contributed by atoms with van der Waals surface area (Å²) in [6.45, 7) is 1.71. The van der Waals surface area contributed by atoms with Crippen LogP contribution in [0.25, 0.3) is 11.4 Å². The van der Waals surface area contributed by atoms with Crippen molar-refractivity contribution in [2.75, 3.05) is 51.0 Å². The van der Waals surface area contributed by atoms with Gasteiger partial charge in [-0.15, -0.1) is 0 Å². The number of alkyl halides is 3. The second-order valence-electron chi connectivity index (χ2n) is 7.82. The highest BCUT2D eigenvalue weighted by Gasteiger charge is 2.35. The van der Waals surface area contributed by atoms with Crippen LogP contribution in [0.1, 0.15) is 15.9 Å². The molecule has 1 fully saturated rings. The van der Waals surface area contributed by atoms with Crippen molar-refractivity contribution in [2.45, 2.75) is 6.18 Å². The molecule has 0 bridgehead atoms. The van der Waals surface area contributed by atoms with Crippen molar-refractivity contribution in [1.82, 2.24) is 24.8 Å². The number of nitrogens with two attached hydrogens (primary N) is 1. The van der Waals surface area contributed by atoms with E-state index in [9.17, 15) is 18.0 Å². The number of nitrogens with zero attached hydrogens (tertiary/aromatic N) is 6. The number of carbonyl (C=O) groups is 1. The van der Waals surface area contributed by atoms with E-state index in [2.05, 4.69) is 19.9 Å². The van der Waals surface area contributed by atoms with Crippen LogP contribution in [0.3, 0.4) is 0 Å². The van der Waals surface area contributed by atoms with Crippen LogP contribution in [0, 0.1) is 0 Å². The molecule has 0 aliphatic carbocycles. The molecule has 13 heteroatoms. The Balaban J connectivity index is 1.74. The van der Waals surface area contributed by atoms with E-state index in [-0.39, 0.29) is 40.8 Å².